The van der Waals surface area contributed by atoms with Crippen molar-refractivity contribution in [2.24, 2.45) is 5.73 Å². The molecule has 3 aromatic rings. The predicted molar refractivity (Wildman–Crippen MR) is 126 cm³/mol. The number of para-hydroxylation sites is 1. The summed E-state index contributed by atoms with van der Waals surface area (Å²) >= 11 is 0. The first-order valence-corrected chi connectivity index (χ1v) is 11.5. The minimum absolute atomic E-state index is 0.0861. The number of methoxy groups -OCH3 is 1. The Morgan fingerprint density at radius 3 is 2.56 bits per heavy atom. The standard InChI is InChI=1S/C26H30F3N3O2/c1-17-4-3-5-20-22(16-32(24(17)20)12-13-34-2)25(33)31-10-8-19(9-11-31)21-14-18(15-30)6-7-23(21)26(27,28)29/h3-7,14,16,19H,8-13,15,30H2,1-2H3. The number of halogens is 3. The zero-order valence-electron chi connectivity index (χ0n) is 19.5. The van der Waals surface area contributed by atoms with E-state index in [2.05, 4.69) is 0 Å². The van der Waals surface area contributed by atoms with E-state index in [1.807, 2.05) is 35.9 Å². The number of carbonyl (C=O) groups is 1. The van der Waals surface area contributed by atoms with Crippen molar-refractivity contribution in [3.05, 3.63) is 70.4 Å². The zero-order chi connectivity index (χ0) is 24.5. The number of nitrogens with zero attached hydrogens (tertiary/aromatic N) is 2. The molecule has 0 spiro atoms. The second-order valence-corrected chi connectivity index (χ2v) is 8.89. The number of benzene rings is 2. The number of alkyl halides is 3. The van der Waals surface area contributed by atoms with E-state index in [-0.39, 0.29) is 23.9 Å². The zero-order valence-corrected chi connectivity index (χ0v) is 19.5. The van der Waals surface area contributed by atoms with Crippen molar-refractivity contribution in [3.63, 3.8) is 0 Å². The topological polar surface area (TPSA) is 60.5 Å². The van der Waals surface area contributed by atoms with Gasteiger partial charge in [0.05, 0.1) is 23.3 Å². The van der Waals surface area contributed by atoms with Crippen molar-refractivity contribution in [1.29, 1.82) is 0 Å². The van der Waals surface area contributed by atoms with Crippen LogP contribution in [0, 0.1) is 6.92 Å². The summed E-state index contributed by atoms with van der Waals surface area (Å²) in [7, 11) is 1.64. The van der Waals surface area contributed by atoms with Gasteiger partial charge in [-0.2, -0.15) is 13.2 Å². The third-order valence-electron chi connectivity index (χ3n) is 6.75. The van der Waals surface area contributed by atoms with Crippen molar-refractivity contribution in [2.75, 3.05) is 26.8 Å². The summed E-state index contributed by atoms with van der Waals surface area (Å²) in [5.41, 5.74) is 8.74. The van der Waals surface area contributed by atoms with Gasteiger partial charge in [0.25, 0.3) is 5.91 Å². The minimum Gasteiger partial charge on any atom is -0.383 e. The third kappa shape index (κ3) is 4.70. The van der Waals surface area contributed by atoms with Gasteiger partial charge in [-0.3, -0.25) is 4.79 Å². The smallest absolute Gasteiger partial charge is 0.383 e. The Hall–Kier alpha value is -2.84. The van der Waals surface area contributed by atoms with Crippen LogP contribution in [0.25, 0.3) is 10.9 Å². The third-order valence-corrected chi connectivity index (χ3v) is 6.75. The van der Waals surface area contributed by atoms with Crippen LogP contribution in [0.4, 0.5) is 13.2 Å². The molecule has 0 bridgehead atoms. The Morgan fingerprint density at radius 1 is 1.18 bits per heavy atom. The quantitative estimate of drug-likeness (QED) is 0.542. The maximum atomic E-state index is 13.6. The van der Waals surface area contributed by atoms with Gasteiger partial charge in [0.15, 0.2) is 0 Å². The van der Waals surface area contributed by atoms with E-state index in [0.717, 1.165) is 22.5 Å². The maximum absolute atomic E-state index is 13.6. The lowest BCUT2D eigenvalue weighted by Crippen LogP contribution is -2.38. The van der Waals surface area contributed by atoms with Crippen LogP contribution >= 0.6 is 0 Å². The molecule has 1 aromatic heterocycles. The minimum atomic E-state index is -4.42. The summed E-state index contributed by atoms with van der Waals surface area (Å²) in [6, 6.07) is 10.0. The number of hydrogen-bond acceptors (Lipinski definition) is 3. The molecule has 0 unspecified atom stereocenters. The number of aryl methyl sites for hydroxylation is 1. The molecule has 182 valence electrons. The van der Waals surface area contributed by atoms with Crippen LogP contribution in [0.1, 0.15) is 51.4 Å². The van der Waals surface area contributed by atoms with Gasteiger partial charge in [0.1, 0.15) is 0 Å². The highest BCUT2D eigenvalue weighted by Crippen LogP contribution is 2.39. The van der Waals surface area contributed by atoms with Crippen LogP contribution in [0.5, 0.6) is 0 Å². The fourth-order valence-electron chi connectivity index (χ4n) is 4.98. The molecule has 0 radical (unpaired) electrons. The molecule has 5 nitrogen and oxygen atoms in total. The van der Waals surface area contributed by atoms with E-state index in [1.54, 1.807) is 18.1 Å². The molecular formula is C26H30F3N3O2. The molecule has 2 N–H and O–H groups in total. The SMILES string of the molecule is COCCn1cc(C(=O)N2CCC(c3cc(CN)ccc3C(F)(F)F)CC2)c2cccc(C)c21. The highest BCUT2D eigenvalue weighted by Gasteiger charge is 2.36. The van der Waals surface area contributed by atoms with E-state index >= 15 is 0 Å². The average molecular weight is 474 g/mol. The van der Waals surface area contributed by atoms with Gasteiger partial charge in [0, 0.05) is 44.9 Å². The first-order valence-electron chi connectivity index (χ1n) is 11.5. The summed E-state index contributed by atoms with van der Waals surface area (Å²) in [5.74, 6) is -0.352. The molecular weight excluding hydrogens is 443 g/mol. The predicted octanol–water partition coefficient (Wildman–Crippen LogP) is 5.09. The Kier molecular flexibility index (Phi) is 7.00. The molecule has 1 amide bonds. The van der Waals surface area contributed by atoms with Crippen LogP contribution < -0.4 is 5.73 Å². The molecule has 0 saturated carbocycles. The van der Waals surface area contributed by atoms with Crippen molar-refractivity contribution in [2.45, 2.75) is 44.9 Å². The van der Waals surface area contributed by atoms with Gasteiger partial charge in [-0.05, 0) is 48.4 Å². The summed E-state index contributed by atoms with van der Waals surface area (Å²) in [4.78, 5) is 15.2. The van der Waals surface area contributed by atoms with Crippen molar-refractivity contribution >= 4 is 16.8 Å². The molecule has 0 aliphatic carbocycles. The number of hydrogen-bond donors (Lipinski definition) is 1. The number of carbonyl (C=O) groups excluding carboxylic acids is 1. The molecule has 1 aliphatic rings. The summed E-state index contributed by atoms with van der Waals surface area (Å²) in [5, 5.41) is 0.887. The number of aromatic nitrogens is 1. The van der Waals surface area contributed by atoms with Gasteiger partial charge in [0.2, 0.25) is 0 Å². The monoisotopic (exact) mass is 473 g/mol. The van der Waals surface area contributed by atoms with Crippen LogP contribution in [-0.2, 0) is 24.0 Å². The van der Waals surface area contributed by atoms with Crippen LogP contribution in [0.15, 0.2) is 42.6 Å². The Labute approximate surface area is 197 Å². The van der Waals surface area contributed by atoms with Gasteiger partial charge in [-0.1, -0.05) is 30.3 Å². The van der Waals surface area contributed by atoms with Gasteiger partial charge in [-0.25, -0.2) is 0 Å². The summed E-state index contributed by atoms with van der Waals surface area (Å²) < 4.78 is 48.2. The lowest BCUT2D eigenvalue weighted by Gasteiger charge is -2.33. The van der Waals surface area contributed by atoms with E-state index in [1.165, 1.54) is 6.07 Å². The molecule has 8 heteroatoms. The summed E-state index contributed by atoms with van der Waals surface area (Å²) in [6.45, 7) is 4.17. The van der Waals surface area contributed by atoms with E-state index in [9.17, 15) is 18.0 Å². The second kappa shape index (κ2) is 9.80. The lowest BCUT2D eigenvalue weighted by molar-refractivity contribution is -0.138. The fraction of sp³-hybridized carbons (Fsp3) is 0.423. The molecule has 0 atom stereocenters. The number of likely N-dealkylation sites (tertiary alicyclic amines) is 1. The lowest BCUT2D eigenvalue weighted by atomic mass is 9.85. The highest BCUT2D eigenvalue weighted by atomic mass is 19.4. The second-order valence-electron chi connectivity index (χ2n) is 8.89. The van der Waals surface area contributed by atoms with Crippen molar-refractivity contribution < 1.29 is 22.7 Å². The molecule has 1 aliphatic heterocycles. The molecule has 4 rings (SSSR count). The van der Waals surface area contributed by atoms with E-state index in [0.29, 0.717) is 50.2 Å². The number of piperidine rings is 1. The number of ether oxygens (including phenoxy) is 1. The van der Waals surface area contributed by atoms with Gasteiger partial charge >= 0.3 is 6.18 Å². The molecule has 2 heterocycles. The normalized spacial score (nSPS) is 15.3. The van der Waals surface area contributed by atoms with E-state index in [4.69, 9.17) is 10.5 Å². The van der Waals surface area contributed by atoms with Crippen molar-refractivity contribution in [3.8, 4) is 0 Å². The first-order chi connectivity index (χ1) is 16.2. The number of fused-ring (bicyclic) bond motifs is 1. The maximum Gasteiger partial charge on any atom is 0.416 e. The van der Waals surface area contributed by atoms with E-state index < -0.39 is 11.7 Å². The van der Waals surface area contributed by atoms with Gasteiger partial charge in [-0.15, -0.1) is 0 Å². The fourth-order valence-corrected chi connectivity index (χ4v) is 4.98. The largest absolute Gasteiger partial charge is 0.416 e. The Bertz CT molecular complexity index is 1180. The Balaban J connectivity index is 1.57. The molecule has 2 aromatic carbocycles. The van der Waals surface area contributed by atoms with Crippen molar-refractivity contribution in [1.82, 2.24) is 9.47 Å². The number of rotatable bonds is 6. The number of nitrogens with two attached hydrogens (primary N) is 1. The van der Waals surface area contributed by atoms with Gasteiger partial charge < -0.3 is 19.9 Å². The Morgan fingerprint density at radius 2 is 1.91 bits per heavy atom. The summed E-state index contributed by atoms with van der Waals surface area (Å²) in [6.07, 6.45) is -1.59. The molecule has 1 fully saturated rings. The first kappa shape index (κ1) is 24.3. The molecule has 34 heavy (non-hydrogen) atoms. The van der Waals surface area contributed by atoms with Crippen LogP contribution in [0.2, 0.25) is 0 Å². The average Bonchev–Trinajstić information content (AvgIpc) is 3.21. The highest BCUT2D eigenvalue weighted by molar-refractivity contribution is 6.07. The van der Waals surface area contributed by atoms with Crippen LogP contribution in [0.3, 0.4) is 0 Å². The number of amides is 1. The van der Waals surface area contributed by atoms with Crippen LogP contribution in [-0.4, -0.2) is 42.2 Å². The molecule has 1 saturated heterocycles.